The predicted octanol–water partition coefficient (Wildman–Crippen LogP) is 2.01. The van der Waals surface area contributed by atoms with Gasteiger partial charge in [0.05, 0.1) is 11.6 Å². The number of hydrogen-bond donors (Lipinski definition) is 0. The molecule has 0 spiro atoms. The third-order valence-electron chi connectivity index (χ3n) is 3.29. The minimum atomic E-state index is -0.483. The summed E-state index contributed by atoms with van der Waals surface area (Å²) in [5.41, 5.74) is 0.0606. The Morgan fingerprint density at radius 1 is 1.48 bits per heavy atom. The molecule has 0 atom stereocenters. The van der Waals surface area contributed by atoms with Gasteiger partial charge in [0.15, 0.2) is 0 Å². The summed E-state index contributed by atoms with van der Waals surface area (Å²) in [5, 5.41) is 8.75. The van der Waals surface area contributed by atoms with Crippen molar-refractivity contribution in [1.29, 1.82) is 5.26 Å². The first-order chi connectivity index (χ1) is 9.80. The second kappa shape index (κ2) is 5.60. The molecule has 0 N–H and O–H groups in total. The normalized spacial score (nSPS) is 15.1. The summed E-state index contributed by atoms with van der Waals surface area (Å²) in [5.74, 6) is 0.822. The third kappa shape index (κ3) is 3.63. The zero-order chi connectivity index (χ0) is 15.6. The van der Waals surface area contributed by atoms with Gasteiger partial charge in [-0.1, -0.05) is 0 Å². The van der Waals surface area contributed by atoms with Gasteiger partial charge in [0, 0.05) is 26.3 Å². The van der Waals surface area contributed by atoms with Crippen molar-refractivity contribution in [2.45, 2.75) is 32.4 Å². The Hall–Kier alpha value is -2.29. The summed E-state index contributed by atoms with van der Waals surface area (Å²) < 4.78 is 5.34. The van der Waals surface area contributed by atoms with Crippen LogP contribution in [0.1, 0.15) is 26.3 Å². The molecule has 0 radical (unpaired) electrons. The lowest BCUT2D eigenvalue weighted by Gasteiger charge is -2.44. The molecule has 1 amide bonds. The van der Waals surface area contributed by atoms with Crippen molar-refractivity contribution in [3.05, 3.63) is 23.9 Å². The number of nitriles is 1. The Balaban J connectivity index is 1.88. The fourth-order valence-corrected chi connectivity index (χ4v) is 2.01. The maximum Gasteiger partial charge on any atom is 0.410 e. The smallest absolute Gasteiger partial charge is 0.410 e. The van der Waals surface area contributed by atoms with E-state index in [0.29, 0.717) is 18.7 Å². The molecule has 1 fully saturated rings. The minimum absolute atomic E-state index is 0.122. The molecule has 2 heterocycles. The van der Waals surface area contributed by atoms with Crippen molar-refractivity contribution in [2.75, 3.05) is 25.0 Å². The van der Waals surface area contributed by atoms with Crippen LogP contribution in [0.4, 0.5) is 10.6 Å². The van der Waals surface area contributed by atoms with E-state index >= 15 is 0 Å². The lowest BCUT2D eigenvalue weighted by atomic mass is 10.1. The highest BCUT2D eigenvalue weighted by atomic mass is 16.6. The van der Waals surface area contributed by atoms with E-state index < -0.39 is 5.60 Å². The molecule has 0 unspecified atom stereocenters. The summed E-state index contributed by atoms with van der Waals surface area (Å²) >= 11 is 0. The Labute approximate surface area is 124 Å². The summed E-state index contributed by atoms with van der Waals surface area (Å²) in [6.07, 6.45) is 1.25. The van der Waals surface area contributed by atoms with Crippen LogP contribution < -0.4 is 4.90 Å². The Morgan fingerprint density at radius 3 is 2.62 bits per heavy atom. The highest BCUT2D eigenvalue weighted by Gasteiger charge is 2.34. The van der Waals surface area contributed by atoms with E-state index in [0.717, 1.165) is 5.82 Å². The largest absolute Gasteiger partial charge is 0.444 e. The van der Waals surface area contributed by atoms with Gasteiger partial charge in [-0.15, -0.1) is 0 Å². The van der Waals surface area contributed by atoms with E-state index in [4.69, 9.17) is 10.00 Å². The number of rotatable bonds is 2. The van der Waals surface area contributed by atoms with E-state index in [1.165, 1.54) is 0 Å². The summed E-state index contributed by atoms with van der Waals surface area (Å²) in [6, 6.07) is 5.73. The number of pyridine rings is 1. The molecule has 0 saturated carbocycles. The number of nitrogens with zero attached hydrogens (tertiary/aromatic N) is 4. The molecule has 6 nitrogen and oxygen atoms in total. The van der Waals surface area contributed by atoms with Crippen LogP contribution in [0, 0.1) is 11.3 Å². The molecule has 0 bridgehead atoms. The molecular weight excluding hydrogens is 268 g/mol. The zero-order valence-electron chi connectivity index (χ0n) is 12.8. The van der Waals surface area contributed by atoms with Crippen molar-refractivity contribution in [3.63, 3.8) is 0 Å². The fraction of sp³-hybridized carbons (Fsp3) is 0.533. The van der Waals surface area contributed by atoms with Crippen LogP contribution in [-0.4, -0.2) is 47.8 Å². The Morgan fingerprint density at radius 2 is 2.14 bits per heavy atom. The van der Waals surface area contributed by atoms with Gasteiger partial charge in [0.25, 0.3) is 0 Å². The monoisotopic (exact) mass is 288 g/mol. The van der Waals surface area contributed by atoms with E-state index in [9.17, 15) is 4.79 Å². The summed E-state index contributed by atoms with van der Waals surface area (Å²) in [4.78, 5) is 19.9. The van der Waals surface area contributed by atoms with Crippen molar-refractivity contribution in [1.82, 2.24) is 9.88 Å². The van der Waals surface area contributed by atoms with Crippen LogP contribution in [-0.2, 0) is 4.74 Å². The van der Waals surface area contributed by atoms with Gasteiger partial charge in [0.2, 0.25) is 0 Å². The van der Waals surface area contributed by atoms with Crippen molar-refractivity contribution in [2.24, 2.45) is 0 Å². The van der Waals surface area contributed by atoms with Gasteiger partial charge in [-0.2, -0.15) is 5.26 Å². The molecule has 1 aliphatic rings. The van der Waals surface area contributed by atoms with Gasteiger partial charge in [-0.05, 0) is 32.9 Å². The van der Waals surface area contributed by atoms with E-state index in [1.54, 1.807) is 24.2 Å². The third-order valence-corrected chi connectivity index (χ3v) is 3.29. The molecule has 1 aromatic rings. The molecule has 1 aromatic heterocycles. The van der Waals surface area contributed by atoms with Crippen LogP contribution in [0.3, 0.4) is 0 Å². The molecule has 112 valence electrons. The van der Waals surface area contributed by atoms with Gasteiger partial charge in [-0.3, -0.25) is 0 Å². The average Bonchev–Trinajstić information content (AvgIpc) is 2.35. The van der Waals surface area contributed by atoms with E-state index in [1.807, 2.05) is 32.9 Å². The molecule has 0 aliphatic carbocycles. The van der Waals surface area contributed by atoms with Crippen LogP contribution in [0.5, 0.6) is 0 Å². The number of carbonyl (C=O) groups excluding carboxylic acids is 1. The topological polar surface area (TPSA) is 69.5 Å². The fourth-order valence-electron chi connectivity index (χ4n) is 2.01. The van der Waals surface area contributed by atoms with Gasteiger partial charge >= 0.3 is 6.09 Å². The molecule has 2 rings (SSSR count). The quantitative estimate of drug-likeness (QED) is 0.832. The maximum absolute atomic E-state index is 12.0. The zero-order valence-corrected chi connectivity index (χ0v) is 12.8. The number of likely N-dealkylation sites (N-methyl/N-ethyl adjacent to an activating group) is 1. The van der Waals surface area contributed by atoms with Crippen molar-refractivity contribution >= 4 is 11.9 Å². The SMILES string of the molecule is CN(C(=O)OC(C)(C)C)C1CN(c2ccc(C#N)cn2)C1. The van der Waals surface area contributed by atoms with E-state index in [2.05, 4.69) is 9.88 Å². The average molecular weight is 288 g/mol. The molecule has 21 heavy (non-hydrogen) atoms. The second-order valence-electron chi connectivity index (χ2n) is 6.17. The van der Waals surface area contributed by atoms with Gasteiger partial charge in [0.1, 0.15) is 17.5 Å². The Kier molecular flexibility index (Phi) is 4.03. The first kappa shape index (κ1) is 15.1. The van der Waals surface area contributed by atoms with Crippen LogP contribution in [0.2, 0.25) is 0 Å². The molecule has 6 heteroatoms. The van der Waals surface area contributed by atoms with Crippen molar-refractivity contribution < 1.29 is 9.53 Å². The highest BCUT2D eigenvalue weighted by Crippen LogP contribution is 2.22. The number of aromatic nitrogens is 1. The predicted molar refractivity (Wildman–Crippen MR) is 79.0 cm³/mol. The van der Waals surface area contributed by atoms with E-state index in [-0.39, 0.29) is 12.1 Å². The number of ether oxygens (including phenoxy) is 1. The van der Waals surface area contributed by atoms with Crippen molar-refractivity contribution in [3.8, 4) is 6.07 Å². The lowest BCUT2D eigenvalue weighted by Crippen LogP contribution is -2.60. The first-order valence-electron chi connectivity index (χ1n) is 6.87. The molecule has 1 aliphatic heterocycles. The van der Waals surface area contributed by atoms with Crippen LogP contribution in [0.15, 0.2) is 18.3 Å². The van der Waals surface area contributed by atoms with Crippen LogP contribution in [0.25, 0.3) is 0 Å². The molecule has 1 saturated heterocycles. The molecular formula is C15H20N4O2. The summed E-state index contributed by atoms with van der Waals surface area (Å²) in [6.45, 7) is 6.99. The highest BCUT2D eigenvalue weighted by molar-refractivity contribution is 5.69. The second-order valence-corrected chi connectivity index (χ2v) is 6.17. The molecule has 0 aromatic carbocycles. The standard InChI is InChI=1S/C15H20N4O2/c1-15(2,3)21-14(20)18(4)12-9-19(10-12)13-6-5-11(7-16)8-17-13/h5-6,8,12H,9-10H2,1-4H3. The van der Waals surface area contributed by atoms with Gasteiger partial charge in [-0.25, -0.2) is 9.78 Å². The summed E-state index contributed by atoms with van der Waals surface area (Å²) in [7, 11) is 1.75. The minimum Gasteiger partial charge on any atom is -0.444 e. The van der Waals surface area contributed by atoms with Gasteiger partial charge < -0.3 is 14.5 Å². The number of hydrogen-bond acceptors (Lipinski definition) is 5. The first-order valence-corrected chi connectivity index (χ1v) is 6.87. The number of anilines is 1. The van der Waals surface area contributed by atoms with Crippen LogP contribution >= 0.6 is 0 Å². The lowest BCUT2D eigenvalue weighted by molar-refractivity contribution is 0.0196. The number of amides is 1. The Bertz CT molecular complexity index is 551. The number of carbonyl (C=O) groups is 1. The maximum atomic E-state index is 12.0.